The molecule has 1 amide bonds. The maximum absolute atomic E-state index is 12.5. The maximum Gasteiger partial charge on any atom is 0.412 e. The van der Waals surface area contributed by atoms with Gasteiger partial charge in [0.2, 0.25) is 0 Å². The van der Waals surface area contributed by atoms with E-state index in [0.29, 0.717) is 57.6 Å². The summed E-state index contributed by atoms with van der Waals surface area (Å²) >= 11 is 0. The van der Waals surface area contributed by atoms with Gasteiger partial charge in [-0.3, -0.25) is 10.00 Å². The minimum Gasteiger partial charge on any atom is -0.475 e. The Morgan fingerprint density at radius 2 is 1.89 bits per heavy atom. The third-order valence-corrected chi connectivity index (χ3v) is 6.16. The van der Waals surface area contributed by atoms with Crippen molar-refractivity contribution in [2.24, 2.45) is 0 Å². The van der Waals surface area contributed by atoms with Gasteiger partial charge in [0.25, 0.3) is 5.88 Å². The summed E-state index contributed by atoms with van der Waals surface area (Å²) in [6, 6.07) is 9.71. The van der Waals surface area contributed by atoms with Gasteiger partial charge in [-0.2, -0.15) is 0 Å². The number of ether oxygens (including phenoxy) is 6. The number of amides is 1. The minimum absolute atomic E-state index is 0.170. The van der Waals surface area contributed by atoms with Crippen LogP contribution >= 0.6 is 0 Å². The first kappa shape index (κ1) is 25.4. The zero-order valence-corrected chi connectivity index (χ0v) is 20.3. The lowest BCUT2D eigenvalue weighted by Crippen LogP contribution is -2.35. The van der Waals surface area contributed by atoms with Crippen LogP contribution in [0.25, 0.3) is 0 Å². The fraction of sp³-hybridized carbons (Fsp3) is 0.600. The Kier molecular flexibility index (Phi) is 9.35. The van der Waals surface area contributed by atoms with E-state index in [9.17, 15) is 4.79 Å². The van der Waals surface area contributed by atoms with Crippen LogP contribution in [0.5, 0.6) is 5.88 Å². The number of rotatable bonds is 12. The first-order valence-corrected chi connectivity index (χ1v) is 12.2. The molecular weight excluding hydrogens is 454 g/mol. The molecule has 1 aromatic carbocycles. The highest BCUT2D eigenvalue weighted by Gasteiger charge is 2.41. The molecule has 10 nitrogen and oxygen atoms in total. The molecule has 0 unspecified atom stereocenters. The quantitative estimate of drug-likeness (QED) is 0.448. The van der Waals surface area contributed by atoms with Gasteiger partial charge in [-0.1, -0.05) is 30.3 Å². The predicted octanol–water partition coefficient (Wildman–Crippen LogP) is 3.92. The number of benzene rings is 1. The van der Waals surface area contributed by atoms with Crippen LogP contribution in [0.3, 0.4) is 0 Å². The molecule has 0 bridgehead atoms. The van der Waals surface area contributed by atoms with Gasteiger partial charge in [0.15, 0.2) is 5.79 Å². The summed E-state index contributed by atoms with van der Waals surface area (Å²) in [5, 5.41) is 7.44. The molecular formula is C25H35N3O7. The third kappa shape index (κ3) is 7.41. The molecule has 192 valence electrons. The molecule has 2 fully saturated rings. The fourth-order valence-corrected chi connectivity index (χ4v) is 4.29. The Balaban J connectivity index is 1.34. The summed E-state index contributed by atoms with van der Waals surface area (Å²) in [7, 11) is 1.64. The highest BCUT2D eigenvalue weighted by atomic mass is 16.7. The first-order chi connectivity index (χ1) is 17.2. The van der Waals surface area contributed by atoms with E-state index in [1.54, 1.807) is 7.11 Å². The molecule has 1 saturated heterocycles. The first-order valence-electron chi connectivity index (χ1n) is 12.2. The van der Waals surface area contributed by atoms with Crippen LogP contribution < -0.4 is 10.1 Å². The molecule has 1 spiro atoms. The van der Waals surface area contributed by atoms with Crippen LogP contribution in [0.15, 0.2) is 36.5 Å². The van der Waals surface area contributed by atoms with E-state index in [-0.39, 0.29) is 12.6 Å². The summed E-state index contributed by atoms with van der Waals surface area (Å²) < 4.78 is 35.3. The molecule has 0 radical (unpaired) electrons. The Morgan fingerprint density at radius 1 is 1.11 bits per heavy atom. The number of anilines is 1. The second kappa shape index (κ2) is 12.9. The number of carbonyl (C=O) groups is 1. The van der Waals surface area contributed by atoms with Gasteiger partial charge < -0.3 is 28.4 Å². The zero-order valence-electron chi connectivity index (χ0n) is 20.3. The summed E-state index contributed by atoms with van der Waals surface area (Å²) in [6.07, 6.45) is 5.31. The molecule has 0 atom stereocenters. The zero-order chi connectivity index (χ0) is 24.3. The van der Waals surface area contributed by atoms with Crippen molar-refractivity contribution >= 4 is 11.8 Å². The van der Waals surface area contributed by atoms with Gasteiger partial charge >= 0.3 is 6.09 Å². The van der Waals surface area contributed by atoms with Gasteiger partial charge in [0.1, 0.15) is 12.3 Å². The third-order valence-electron chi connectivity index (χ3n) is 6.16. The summed E-state index contributed by atoms with van der Waals surface area (Å²) in [6.45, 7) is 3.55. The molecule has 35 heavy (non-hydrogen) atoms. The Hall–Kier alpha value is -2.66. The summed E-state index contributed by atoms with van der Waals surface area (Å²) in [4.78, 5) is 12.5. The number of nitrogens with zero attached hydrogens (tertiary/aromatic N) is 2. The van der Waals surface area contributed by atoms with Gasteiger partial charge in [-0.25, -0.2) is 4.79 Å². The fourth-order valence-electron chi connectivity index (χ4n) is 4.29. The van der Waals surface area contributed by atoms with E-state index in [0.717, 1.165) is 31.2 Å². The number of methoxy groups -OCH3 is 1. The number of aromatic nitrogens is 2. The average molecular weight is 490 g/mol. The van der Waals surface area contributed by atoms with Crippen molar-refractivity contribution < 1.29 is 33.2 Å². The Labute approximate surface area is 205 Å². The number of hydrogen-bond acceptors (Lipinski definition) is 8. The summed E-state index contributed by atoms with van der Waals surface area (Å²) in [5.74, 6) is -0.0686. The average Bonchev–Trinajstić information content (AvgIpc) is 3.50. The maximum atomic E-state index is 12.5. The van der Waals surface area contributed by atoms with E-state index in [2.05, 4.69) is 10.4 Å². The number of carbonyl (C=O) groups excluding carboxylic acids is 1. The molecule has 1 aliphatic carbocycles. The molecule has 1 saturated carbocycles. The van der Waals surface area contributed by atoms with Crippen LogP contribution in [0.2, 0.25) is 0 Å². The lowest BCUT2D eigenvalue weighted by molar-refractivity contribution is -0.181. The van der Waals surface area contributed by atoms with Crippen LogP contribution in [0.1, 0.15) is 43.7 Å². The normalized spacial score (nSPS) is 17.5. The lowest BCUT2D eigenvalue weighted by atomic mass is 9.90. The van der Waals surface area contributed by atoms with Crippen LogP contribution in [0.4, 0.5) is 10.5 Å². The van der Waals surface area contributed by atoms with E-state index < -0.39 is 11.9 Å². The van der Waals surface area contributed by atoms with Crippen molar-refractivity contribution in [1.82, 2.24) is 9.78 Å². The molecule has 1 N–H and O–H groups in total. The minimum atomic E-state index is -0.559. The van der Waals surface area contributed by atoms with Crippen molar-refractivity contribution in [3.05, 3.63) is 42.1 Å². The molecule has 2 aliphatic rings. The van der Waals surface area contributed by atoms with Crippen molar-refractivity contribution in [3.8, 4) is 5.88 Å². The highest BCUT2D eigenvalue weighted by molar-refractivity contribution is 5.86. The molecule has 2 heterocycles. The lowest BCUT2D eigenvalue weighted by Gasteiger charge is -2.35. The van der Waals surface area contributed by atoms with E-state index in [1.807, 2.05) is 41.2 Å². The number of nitrogens with one attached hydrogen (secondary N) is 1. The van der Waals surface area contributed by atoms with Crippen LogP contribution in [0, 0.1) is 0 Å². The highest BCUT2D eigenvalue weighted by Crippen LogP contribution is 2.41. The second-order valence-corrected chi connectivity index (χ2v) is 8.66. The Morgan fingerprint density at radius 3 is 2.63 bits per heavy atom. The largest absolute Gasteiger partial charge is 0.475 e. The molecule has 1 aromatic heterocycles. The van der Waals surface area contributed by atoms with Gasteiger partial charge in [0, 0.05) is 33.0 Å². The topological polar surface area (TPSA) is 102 Å². The summed E-state index contributed by atoms with van der Waals surface area (Å²) in [5.41, 5.74) is 1.40. The van der Waals surface area contributed by atoms with Crippen molar-refractivity contribution in [1.29, 1.82) is 0 Å². The molecule has 1 aliphatic heterocycles. The smallest absolute Gasteiger partial charge is 0.412 e. The molecule has 4 rings (SSSR count). The van der Waals surface area contributed by atoms with Crippen molar-refractivity contribution in [3.63, 3.8) is 0 Å². The van der Waals surface area contributed by atoms with Crippen LogP contribution in [-0.4, -0.2) is 68.4 Å². The number of hydrogen-bond donors (Lipinski definition) is 1. The Bertz CT molecular complexity index is 905. The van der Waals surface area contributed by atoms with E-state index in [1.165, 1.54) is 0 Å². The monoisotopic (exact) mass is 489 g/mol. The van der Waals surface area contributed by atoms with Gasteiger partial charge in [-0.05, 0) is 18.4 Å². The predicted molar refractivity (Wildman–Crippen MR) is 127 cm³/mol. The molecule has 10 heteroatoms. The van der Waals surface area contributed by atoms with Gasteiger partial charge in [-0.15, -0.1) is 5.10 Å². The van der Waals surface area contributed by atoms with Crippen molar-refractivity contribution in [2.75, 3.05) is 52.1 Å². The molecule has 2 aromatic rings. The van der Waals surface area contributed by atoms with Crippen LogP contribution in [-0.2, 0) is 30.3 Å². The van der Waals surface area contributed by atoms with Crippen molar-refractivity contribution in [2.45, 2.75) is 50.5 Å². The van der Waals surface area contributed by atoms with Gasteiger partial charge in [0.05, 0.1) is 45.3 Å². The van der Waals surface area contributed by atoms with E-state index >= 15 is 0 Å². The van der Waals surface area contributed by atoms with E-state index in [4.69, 9.17) is 28.4 Å². The SMILES string of the molecule is COCCOCCCOc1nn(C2CCC3(CC2)OCCO3)cc1NC(=O)OCc1ccccc1. The second-order valence-electron chi connectivity index (χ2n) is 8.66. The standard InChI is InChI=1S/C25H35N3O7/c1-30-14-15-31-12-5-13-32-23-22(26-24(29)33-19-20-6-3-2-4-7-20)18-28(27-23)21-8-10-25(11-9-21)34-16-17-35-25/h2-4,6-7,18,21H,5,8-17,19H2,1H3,(H,26,29).